The SMILES string of the molecule is COC(=O)C(CCSC)NC(=O)N1CCc2[nH]cnc2C1c1ccc(F)cc1F. The fourth-order valence-electron chi connectivity index (χ4n) is 3.39. The van der Waals surface area contributed by atoms with Crippen molar-refractivity contribution in [2.24, 2.45) is 0 Å². The molecule has 0 aliphatic carbocycles. The minimum absolute atomic E-state index is 0.133. The van der Waals surface area contributed by atoms with Crippen LogP contribution in [0.1, 0.15) is 29.4 Å². The summed E-state index contributed by atoms with van der Waals surface area (Å²) in [6, 6.07) is 1.03. The lowest BCUT2D eigenvalue weighted by Crippen LogP contribution is -2.51. The summed E-state index contributed by atoms with van der Waals surface area (Å²) in [4.78, 5) is 33.8. The van der Waals surface area contributed by atoms with Crippen molar-refractivity contribution >= 4 is 23.8 Å². The Morgan fingerprint density at radius 1 is 1.45 bits per heavy atom. The predicted molar refractivity (Wildman–Crippen MR) is 105 cm³/mol. The van der Waals surface area contributed by atoms with Crippen molar-refractivity contribution in [1.29, 1.82) is 0 Å². The third kappa shape index (κ3) is 4.52. The van der Waals surface area contributed by atoms with Crippen LogP contribution in [-0.2, 0) is 16.0 Å². The molecule has 0 saturated heterocycles. The molecule has 2 atom stereocenters. The number of H-pyrrole nitrogens is 1. The highest BCUT2D eigenvalue weighted by atomic mass is 32.2. The van der Waals surface area contributed by atoms with Gasteiger partial charge in [-0.15, -0.1) is 0 Å². The second kappa shape index (κ2) is 9.25. The highest BCUT2D eigenvalue weighted by Gasteiger charge is 2.37. The monoisotopic (exact) mass is 424 g/mol. The van der Waals surface area contributed by atoms with Crippen LogP contribution in [0.5, 0.6) is 0 Å². The molecule has 1 aliphatic heterocycles. The topological polar surface area (TPSA) is 87.3 Å². The summed E-state index contributed by atoms with van der Waals surface area (Å²) in [5, 5.41) is 2.69. The van der Waals surface area contributed by atoms with Gasteiger partial charge in [0.05, 0.1) is 19.1 Å². The molecule has 2 heterocycles. The van der Waals surface area contributed by atoms with E-state index in [1.54, 1.807) is 11.8 Å². The molecule has 1 aliphatic rings. The van der Waals surface area contributed by atoms with Gasteiger partial charge in [-0.3, -0.25) is 0 Å². The summed E-state index contributed by atoms with van der Waals surface area (Å²) in [5.41, 5.74) is 1.42. The van der Waals surface area contributed by atoms with E-state index in [2.05, 4.69) is 15.3 Å². The van der Waals surface area contributed by atoms with Gasteiger partial charge in [0, 0.05) is 30.3 Å². The Bertz CT molecular complexity index is 892. The van der Waals surface area contributed by atoms with Crippen LogP contribution >= 0.6 is 11.8 Å². The minimum Gasteiger partial charge on any atom is -0.467 e. The molecule has 156 valence electrons. The number of halogens is 2. The highest BCUT2D eigenvalue weighted by molar-refractivity contribution is 7.98. The van der Waals surface area contributed by atoms with Crippen LogP contribution in [0.15, 0.2) is 24.5 Å². The molecule has 0 fully saturated rings. The van der Waals surface area contributed by atoms with Gasteiger partial charge in [-0.05, 0) is 24.5 Å². The lowest BCUT2D eigenvalue weighted by Gasteiger charge is -2.36. The first-order chi connectivity index (χ1) is 14.0. The number of benzene rings is 1. The van der Waals surface area contributed by atoms with Crippen LogP contribution < -0.4 is 5.32 Å². The summed E-state index contributed by atoms with van der Waals surface area (Å²) in [6.45, 7) is 0.277. The normalized spacial score (nSPS) is 16.8. The Morgan fingerprint density at radius 3 is 2.93 bits per heavy atom. The summed E-state index contributed by atoms with van der Waals surface area (Å²) < 4.78 is 32.8. The molecule has 29 heavy (non-hydrogen) atoms. The number of rotatable bonds is 6. The molecule has 0 saturated carbocycles. The zero-order chi connectivity index (χ0) is 21.0. The van der Waals surface area contributed by atoms with Gasteiger partial charge in [-0.2, -0.15) is 11.8 Å². The van der Waals surface area contributed by atoms with Gasteiger partial charge in [0.1, 0.15) is 23.7 Å². The standard InChI is InChI=1S/C19H22F2N4O3S/c1-28-18(26)15(6-8-29-2)24-19(27)25-7-5-14-16(23-10-22-14)17(25)12-4-3-11(20)9-13(12)21/h3-4,9-10,15,17H,5-8H2,1-2H3,(H,22,23)(H,24,27). The van der Waals surface area contributed by atoms with Crippen LogP contribution in [0.4, 0.5) is 13.6 Å². The number of hydrogen-bond acceptors (Lipinski definition) is 5. The zero-order valence-corrected chi connectivity index (χ0v) is 16.9. The average molecular weight is 424 g/mol. The molecule has 2 unspecified atom stereocenters. The summed E-state index contributed by atoms with van der Waals surface area (Å²) in [7, 11) is 1.26. The molecule has 3 rings (SSSR count). The van der Waals surface area contributed by atoms with Crippen LogP contribution in [0.2, 0.25) is 0 Å². The third-order valence-corrected chi connectivity index (χ3v) is 5.48. The van der Waals surface area contributed by atoms with Gasteiger partial charge in [-0.25, -0.2) is 23.4 Å². The second-order valence-corrected chi connectivity index (χ2v) is 7.57. The quantitative estimate of drug-likeness (QED) is 0.697. The molecular weight excluding hydrogens is 402 g/mol. The Labute approximate surface area is 171 Å². The number of carbonyl (C=O) groups excluding carboxylic acids is 2. The first-order valence-corrected chi connectivity index (χ1v) is 10.5. The van der Waals surface area contributed by atoms with Gasteiger partial charge in [0.2, 0.25) is 0 Å². The first-order valence-electron chi connectivity index (χ1n) is 9.07. The molecule has 2 aromatic rings. The third-order valence-electron chi connectivity index (χ3n) is 4.84. The highest BCUT2D eigenvalue weighted by Crippen LogP contribution is 2.35. The minimum atomic E-state index is -0.843. The summed E-state index contributed by atoms with van der Waals surface area (Å²) in [5.74, 6) is -1.37. The van der Waals surface area contributed by atoms with Crippen molar-refractivity contribution in [3.05, 3.63) is 53.1 Å². The maximum absolute atomic E-state index is 14.6. The van der Waals surface area contributed by atoms with Crippen molar-refractivity contribution in [3.63, 3.8) is 0 Å². The van der Waals surface area contributed by atoms with Crippen molar-refractivity contribution in [2.75, 3.05) is 25.7 Å². The van der Waals surface area contributed by atoms with Gasteiger partial charge in [0.15, 0.2) is 0 Å². The molecule has 1 aromatic heterocycles. The smallest absolute Gasteiger partial charge is 0.328 e. The number of imidazole rings is 1. The number of aromatic amines is 1. The molecular formula is C19H22F2N4O3S. The lowest BCUT2D eigenvalue weighted by molar-refractivity contribution is -0.142. The molecule has 0 radical (unpaired) electrons. The van der Waals surface area contributed by atoms with Gasteiger partial charge in [0.25, 0.3) is 0 Å². The number of methoxy groups -OCH3 is 1. The van der Waals surface area contributed by atoms with E-state index >= 15 is 0 Å². The molecule has 2 N–H and O–H groups in total. The van der Waals surface area contributed by atoms with Crippen LogP contribution in [0.3, 0.4) is 0 Å². The molecule has 1 aromatic carbocycles. The Balaban J connectivity index is 1.91. The number of urea groups is 1. The average Bonchev–Trinajstić information content (AvgIpc) is 3.19. The van der Waals surface area contributed by atoms with E-state index in [4.69, 9.17) is 4.74 Å². The van der Waals surface area contributed by atoms with Gasteiger partial charge in [-0.1, -0.05) is 6.07 Å². The number of carbonyl (C=O) groups is 2. The van der Waals surface area contributed by atoms with Crippen LogP contribution in [0.25, 0.3) is 0 Å². The fraction of sp³-hybridized carbons (Fsp3) is 0.421. The van der Waals surface area contributed by atoms with E-state index in [0.29, 0.717) is 24.3 Å². The van der Waals surface area contributed by atoms with Crippen molar-refractivity contribution < 1.29 is 23.1 Å². The molecule has 0 spiro atoms. The van der Waals surface area contributed by atoms with E-state index in [-0.39, 0.29) is 12.1 Å². The number of ether oxygens (including phenoxy) is 1. The summed E-state index contributed by atoms with van der Waals surface area (Å²) >= 11 is 1.54. The van der Waals surface area contributed by atoms with Crippen molar-refractivity contribution in [3.8, 4) is 0 Å². The Kier molecular flexibility index (Phi) is 6.73. The maximum atomic E-state index is 14.6. The summed E-state index contributed by atoms with van der Waals surface area (Å²) in [6.07, 6.45) is 4.27. The van der Waals surface area contributed by atoms with Crippen LogP contribution in [-0.4, -0.2) is 58.6 Å². The number of nitrogens with one attached hydrogen (secondary N) is 2. The van der Waals surface area contributed by atoms with E-state index in [1.807, 2.05) is 6.26 Å². The number of hydrogen-bond donors (Lipinski definition) is 2. The molecule has 2 amide bonds. The second-order valence-electron chi connectivity index (χ2n) is 6.58. The van der Waals surface area contributed by atoms with Crippen molar-refractivity contribution in [1.82, 2.24) is 20.2 Å². The number of fused-ring (bicyclic) bond motifs is 1. The maximum Gasteiger partial charge on any atom is 0.328 e. The molecule has 7 nitrogen and oxygen atoms in total. The molecule has 0 bridgehead atoms. The first kappa shape index (κ1) is 21.1. The van der Waals surface area contributed by atoms with Gasteiger partial charge < -0.3 is 19.9 Å². The number of amides is 2. The Morgan fingerprint density at radius 2 is 2.24 bits per heavy atom. The largest absolute Gasteiger partial charge is 0.467 e. The number of aromatic nitrogens is 2. The number of esters is 1. The van der Waals surface area contributed by atoms with E-state index < -0.39 is 35.7 Å². The van der Waals surface area contributed by atoms with E-state index in [9.17, 15) is 18.4 Å². The fourth-order valence-corrected chi connectivity index (χ4v) is 3.86. The van der Waals surface area contributed by atoms with E-state index in [1.165, 1.54) is 24.4 Å². The zero-order valence-electron chi connectivity index (χ0n) is 16.1. The number of thioether (sulfide) groups is 1. The number of nitrogens with zero attached hydrogens (tertiary/aromatic N) is 2. The van der Waals surface area contributed by atoms with E-state index in [0.717, 1.165) is 17.8 Å². The predicted octanol–water partition coefficient (Wildman–Crippen LogP) is 2.64. The lowest BCUT2D eigenvalue weighted by atomic mass is 9.95. The van der Waals surface area contributed by atoms with Crippen molar-refractivity contribution in [2.45, 2.75) is 24.9 Å². The molecule has 10 heteroatoms. The van der Waals surface area contributed by atoms with Gasteiger partial charge >= 0.3 is 12.0 Å². The van der Waals surface area contributed by atoms with Crippen LogP contribution in [0, 0.1) is 11.6 Å². The Hall–Kier alpha value is -2.62.